The van der Waals surface area contributed by atoms with Crippen LogP contribution in [0.15, 0.2) is 43.1 Å². The van der Waals surface area contributed by atoms with Crippen molar-refractivity contribution in [2.75, 3.05) is 0 Å². The summed E-state index contributed by atoms with van der Waals surface area (Å²) in [7, 11) is 0. The standard InChI is InChI=1S/C22H30N2O3/c1-2-3-4-5-6-7-8-9-14-21(25)24-20(22(26)27)15-17-16-23-19-13-11-10-12-18(17)19/h2,10-13,16,20,23H,1,3-9,14-15H2,(H,24,25)(H,26,27)/t20-/m0/s1. The zero-order valence-corrected chi connectivity index (χ0v) is 15.9. The van der Waals surface area contributed by atoms with Crippen LogP contribution in [-0.4, -0.2) is 28.0 Å². The maximum Gasteiger partial charge on any atom is 0.326 e. The van der Waals surface area contributed by atoms with Crippen molar-refractivity contribution in [2.45, 2.75) is 63.8 Å². The van der Waals surface area contributed by atoms with Gasteiger partial charge in [0.25, 0.3) is 0 Å². The van der Waals surface area contributed by atoms with E-state index in [0.29, 0.717) is 6.42 Å². The first-order valence-corrected chi connectivity index (χ1v) is 9.80. The van der Waals surface area contributed by atoms with Crippen molar-refractivity contribution in [3.63, 3.8) is 0 Å². The van der Waals surface area contributed by atoms with Gasteiger partial charge in [-0.1, -0.05) is 50.0 Å². The molecule has 2 aromatic rings. The van der Waals surface area contributed by atoms with Crippen molar-refractivity contribution in [3.8, 4) is 0 Å². The minimum Gasteiger partial charge on any atom is -0.480 e. The summed E-state index contributed by atoms with van der Waals surface area (Å²) in [6, 6.07) is 6.85. The lowest BCUT2D eigenvalue weighted by Crippen LogP contribution is -2.42. The van der Waals surface area contributed by atoms with E-state index in [1.165, 1.54) is 19.3 Å². The Bertz CT molecular complexity index is 751. The van der Waals surface area contributed by atoms with Gasteiger partial charge in [-0.2, -0.15) is 0 Å². The van der Waals surface area contributed by atoms with E-state index < -0.39 is 12.0 Å². The molecule has 1 aromatic heterocycles. The summed E-state index contributed by atoms with van der Waals surface area (Å²) in [6.07, 6.45) is 11.9. The number of nitrogens with one attached hydrogen (secondary N) is 2. The molecule has 0 radical (unpaired) electrons. The number of aromatic amines is 1. The van der Waals surface area contributed by atoms with Crippen LogP contribution in [0.5, 0.6) is 0 Å². The summed E-state index contributed by atoms with van der Waals surface area (Å²) in [5, 5.41) is 13.1. The largest absolute Gasteiger partial charge is 0.480 e. The highest BCUT2D eigenvalue weighted by Crippen LogP contribution is 2.19. The number of benzene rings is 1. The molecule has 0 aliphatic heterocycles. The Labute approximate surface area is 160 Å². The summed E-state index contributed by atoms with van der Waals surface area (Å²) in [4.78, 5) is 26.8. The number of aromatic nitrogens is 1. The minimum absolute atomic E-state index is 0.186. The molecule has 0 unspecified atom stereocenters. The molecule has 2 rings (SSSR count). The van der Waals surface area contributed by atoms with Gasteiger partial charge in [0.05, 0.1) is 0 Å². The van der Waals surface area contributed by atoms with Crippen molar-refractivity contribution >= 4 is 22.8 Å². The summed E-state index contributed by atoms with van der Waals surface area (Å²) in [5.74, 6) is -1.19. The Morgan fingerprint density at radius 3 is 2.56 bits per heavy atom. The highest BCUT2D eigenvalue weighted by atomic mass is 16.4. The number of rotatable bonds is 13. The molecule has 0 saturated heterocycles. The van der Waals surface area contributed by atoms with E-state index in [0.717, 1.165) is 42.1 Å². The maximum atomic E-state index is 12.1. The second-order valence-corrected chi connectivity index (χ2v) is 6.97. The number of allylic oxidation sites excluding steroid dienone is 1. The number of unbranched alkanes of at least 4 members (excludes halogenated alkanes) is 6. The van der Waals surface area contributed by atoms with Gasteiger partial charge in [-0.15, -0.1) is 6.58 Å². The van der Waals surface area contributed by atoms with Crippen LogP contribution in [0, 0.1) is 0 Å². The highest BCUT2D eigenvalue weighted by Gasteiger charge is 2.21. The van der Waals surface area contributed by atoms with Crippen LogP contribution in [0.3, 0.4) is 0 Å². The third kappa shape index (κ3) is 6.93. The zero-order chi connectivity index (χ0) is 19.5. The topological polar surface area (TPSA) is 82.2 Å². The lowest BCUT2D eigenvalue weighted by Gasteiger charge is -2.14. The number of carbonyl (C=O) groups excluding carboxylic acids is 1. The molecule has 0 fully saturated rings. The molecule has 0 spiro atoms. The number of amides is 1. The van der Waals surface area contributed by atoms with Gasteiger partial charge < -0.3 is 15.4 Å². The van der Waals surface area contributed by atoms with Crippen LogP contribution >= 0.6 is 0 Å². The van der Waals surface area contributed by atoms with Gasteiger partial charge in [-0.25, -0.2) is 4.79 Å². The smallest absolute Gasteiger partial charge is 0.326 e. The van der Waals surface area contributed by atoms with Crippen molar-refractivity contribution < 1.29 is 14.7 Å². The van der Waals surface area contributed by atoms with E-state index in [-0.39, 0.29) is 12.3 Å². The number of hydrogen-bond acceptors (Lipinski definition) is 2. The Balaban J connectivity index is 1.74. The number of fused-ring (bicyclic) bond motifs is 1. The third-order valence-corrected chi connectivity index (χ3v) is 4.79. The first-order chi connectivity index (χ1) is 13.1. The summed E-state index contributed by atoms with van der Waals surface area (Å²) in [5.41, 5.74) is 1.87. The van der Waals surface area contributed by atoms with Gasteiger partial charge in [0.1, 0.15) is 6.04 Å². The summed E-state index contributed by atoms with van der Waals surface area (Å²) >= 11 is 0. The lowest BCUT2D eigenvalue weighted by atomic mass is 10.0. The Kier molecular flexibility index (Phi) is 8.62. The predicted octanol–water partition coefficient (Wildman–Crippen LogP) is 4.59. The number of carbonyl (C=O) groups is 2. The van der Waals surface area contributed by atoms with Crippen LogP contribution in [0.25, 0.3) is 10.9 Å². The fourth-order valence-corrected chi connectivity index (χ4v) is 3.27. The first-order valence-electron chi connectivity index (χ1n) is 9.80. The number of hydrogen-bond donors (Lipinski definition) is 3. The van der Waals surface area contributed by atoms with E-state index in [9.17, 15) is 14.7 Å². The van der Waals surface area contributed by atoms with Crippen molar-refractivity contribution in [2.24, 2.45) is 0 Å². The molecule has 1 atom stereocenters. The fraction of sp³-hybridized carbons (Fsp3) is 0.455. The first kappa shape index (κ1) is 20.7. The zero-order valence-electron chi connectivity index (χ0n) is 15.9. The molecule has 5 heteroatoms. The molecule has 27 heavy (non-hydrogen) atoms. The summed E-state index contributed by atoms with van der Waals surface area (Å²) < 4.78 is 0. The van der Waals surface area contributed by atoms with Gasteiger partial charge in [0.15, 0.2) is 0 Å². The lowest BCUT2D eigenvalue weighted by molar-refractivity contribution is -0.141. The molecule has 0 aliphatic rings. The molecule has 146 valence electrons. The van der Waals surface area contributed by atoms with E-state index >= 15 is 0 Å². The molecular weight excluding hydrogens is 340 g/mol. The molecule has 0 bridgehead atoms. The van der Waals surface area contributed by atoms with Crippen molar-refractivity contribution in [1.82, 2.24) is 10.3 Å². The molecule has 1 heterocycles. The van der Waals surface area contributed by atoms with Crippen LogP contribution in [0.1, 0.15) is 56.9 Å². The van der Waals surface area contributed by atoms with Crippen LogP contribution in [-0.2, 0) is 16.0 Å². The maximum absolute atomic E-state index is 12.1. The summed E-state index contributed by atoms with van der Waals surface area (Å²) in [6.45, 7) is 3.71. The van der Waals surface area contributed by atoms with Crippen molar-refractivity contribution in [3.05, 3.63) is 48.7 Å². The minimum atomic E-state index is -1.00. The van der Waals surface area contributed by atoms with Crippen LogP contribution in [0.2, 0.25) is 0 Å². The molecule has 5 nitrogen and oxygen atoms in total. The number of H-pyrrole nitrogens is 1. The molecule has 1 amide bonds. The molecular formula is C22H30N2O3. The van der Waals surface area contributed by atoms with E-state index in [2.05, 4.69) is 16.9 Å². The van der Waals surface area contributed by atoms with Crippen molar-refractivity contribution in [1.29, 1.82) is 0 Å². The second kappa shape index (κ2) is 11.2. The number of aliphatic carboxylic acids is 1. The second-order valence-electron chi connectivity index (χ2n) is 6.97. The van der Waals surface area contributed by atoms with E-state index in [1.807, 2.05) is 36.5 Å². The van der Waals surface area contributed by atoms with Gasteiger partial charge >= 0.3 is 5.97 Å². The average molecular weight is 370 g/mol. The normalized spacial score (nSPS) is 12.0. The van der Waals surface area contributed by atoms with E-state index in [1.54, 1.807) is 0 Å². The molecule has 3 N–H and O–H groups in total. The molecule has 0 saturated carbocycles. The Morgan fingerprint density at radius 1 is 1.11 bits per heavy atom. The third-order valence-electron chi connectivity index (χ3n) is 4.79. The predicted molar refractivity (Wildman–Crippen MR) is 109 cm³/mol. The molecule has 0 aliphatic carbocycles. The van der Waals surface area contributed by atoms with Gasteiger partial charge in [0.2, 0.25) is 5.91 Å². The van der Waals surface area contributed by atoms with Gasteiger partial charge in [-0.05, 0) is 30.9 Å². The Morgan fingerprint density at radius 2 is 1.81 bits per heavy atom. The van der Waals surface area contributed by atoms with Gasteiger partial charge in [-0.3, -0.25) is 4.79 Å². The number of carboxylic acids is 1. The van der Waals surface area contributed by atoms with Gasteiger partial charge in [0, 0.05) is 29.9 Å². The van der Waals surface area contributed by atoms with Crippen LogP contribution < -0.4 is 5.32 Å². The highest BCUT2D eigenvalue weighted by molar-refractivity contribution is 5.86. The number of carboxylic acid groups (broad SMARTS) is 1. The van der Waals surface area contributed by atoms with E-state index in [4.69, 9.17) is 0 Å². The molecule has 1 aromatic carbocycles. The fourth-order valence-electron chi connectivity index (χ4n) is 3.27. The Hall–Kier alpha value is -2.56. The number of para-hydroxylation sites is 1. The quantitative estimate of drug-likeness (QED) is 0.356. The monoisotopic (exact) mass is 370 g/mol. The average Bonchev–Trinajstić information content (AvgIpc) is 3.06. The SMILES string of the molecule is C=CCCCCCCCCC(=O)N[C@@H](Cc1c[nH]c2ccccc12)C(=O)O. The van der Waals surface area contributed by atoms with Crippen LogP contribution in [0.4, 0.5) is 0 Å².